The van der Waals surface area contributed by atoms with E-state index in [1.807, 2.05) is 50.2 Å². The molecule has 5 nitrogen and oxygen atoms in total. The molecule has 0 unspecified atom stereocenters. The minimum atomic E-state index is -3.90. The van der Waals surface area contributed by atoms with E-state index in [1.165, 1.54) is 0 Å². The van der Waals surface area contributed by atoms with Crippen molar-refractivity contribution in [2.75, 3.05) is 10.8 Å². The Balaban J connectivity index is 1.88. The van der Waals surface area contributed by atoms with Crippen molar-refractivity contribution in [1.82, 2.24) is 5.32 Å². The summed E-state index contributed by atoms with van der Waals surface area (Å²) in [6.07, 6.45) is 0.700. The van der Waals surface area contributed by atoms with Crippen molar-refractivity contribution in [3.8, 4) is 0 Å². The fourth-order valence-corrected chi connectivity index (χ4v) is 4.64. The number of anilines is 1. The lowest BCUT2D eigenvalue weighted by molar-refractivity contribution is -0.120. The number of sulfonamides is 1. The molecule has 0 bridgehead atoms. The van der Waals surface area contributed by atoms with Crippen molar-refractivity contribution in [3.05, 3.63) is 96.1 Å². The fraction of sp³-hybridized carbons (Fsp3) is 0.208. The third kappa shape index (κ3) is 5.07. The zero-order chi connectivity index (χ0) is 21.6. The lowest BCUT2D eigenvalue weighted by Gasteiger charge is -2.25. The number of carbonyl (C=O) groups excluding carboxylic acids is 1. The van der Waals surface area contributed by atoms with Gasteiger partial charge in [0.15, 0.2) is 0 Å². The molecule has 0 fully saturated rings. The second-order valence-corrected chi connectivity index (χ2v) is 8.96. The van der Waals surface area contributed by atoms with Gasteiger partial charge < -0.3 is 5.32 Å². The van der Waals surface area contributed by atoms with E-state index in [9.17, 15) is 13.2 Å². The Morgan fingerprint density at radius 3 is 2.03 bits per heavy atom. The second-order valence-electron chi connectivity index (χ2n) is 7.10. The summed E-state index contributed by atoms with van der Waals surface area (Å²) >= 11 is 0. The third-order valence-corrected chi connectivity index (χ3v) is 6.67. The number of hydrogen-bond acceptors (Lipinski definition) is 3. The smallest absolute Gasteiger partial charge is 0.264 e. The summed E-state index contributed by atoms with van der Waals surface area (Å²) in [6, 6.07) is 24.8. The summed E-state index contributed by atoms with van der Waals surface area (Å²) in [5.41, 5.74) is 2.40. The van der Waals surface area contributed by atoms with E-state index in [-0.39, 0.29) is 23.4 Å². The van der Waals surface area contributed by atoms with Gasteiger partial charge >= 0.3 is 0 Å². The number of rotatable bonds is 8. The monoisotopic (exact) mass is 422 g/mol. The molecule has 0 saturated carbocycles. The number of aryl methyl sites for hydroxylation is 1. The zero-order valence-electron chi connectivity index (χ0n) is 17.2. The van der Waals surface area contributed by atoms with Gasteiger partial charge in [-0.25, -0.2) is 8.42 Å². The Morgan fingerprint density at radius 1 is 0.900 bits per heavy atom. The predicted molar refractivity (Wildman–Crippen MR) is 120 cm³/mol. The molecule has 3 aromatic rings. The summed E-state index contributed by atoms with van der Waals surface area (Å²) < 4.78 is 27.9. The first-order valence-corrected chi connectivity index (χ1v) is 11.3. The lowest BCUT2D eigenvalue weighted by Crippen LogP contribution is -2.42. The minimum absolute atomic E-state index is 0.153. The van der Waals surface area contributed by atoms with Crippen molar-refractivity contribution >= 4 is 21.6 Å². The number of para-hydroxylation sites is 1. The maximum Gasteiger partial charge on any atom is 0.264 e. The van der Waals surface area contributed by atoms with E-state index in [0.29, 0.717) is 12.1 Å². The zero-order valence-corrected chi connectivity index (χ0v) is 18.0. The van der Waals surface area contributed by atoms with Gasteiger partial charge in [-0.1, -0.05) is 73.2 Å². The van der Waals surface area contributed by atoms with Crippen LogP contribution in [-0.4, -0.2) is 20.9 Å². The first-order chi connectivity index (χ1) is 14.4. The number of nitrogens with zero attached hydrogens (tertiary/aromatic N) is 1. The first-order valence-electron chi connectivity index (χ1n) is 9.90. The summed E-state index contributed by atoms with van der Waals surface area (Å²) in [6.45, 7) is 3.58. The van der Waals surface area contributed by atoms with Crippen LogP contribution in [0.2, 0.25) is 0 Å². The van der Waals surface area contributed by atoms with Gasteiger partial charge in [0.2, 0.25) is 5.91 Å². The average Bonchev–Trinajstić information content (AvgIpc) is 2.77. The maximum atomic E-state index is 13.4. The molecular formula is C24H26N2O3S. The molecule has 0 aliphatic carbocycles. The highest BCUT2D eigenvalue weighted by molar-refractivity contribution is 7.92. The van der Waals surface area contributed by atoms with Crippen molar-refractivity contribution < 1.29 is 13.2 Å². The van der Waals surface area contributed by atoms with E-state index >= 15 is 0 Å². The molecule has 3 rings (SSSR count). The van der Waals surface area contributed by atoms with E-state index in [2.05, 4.69) is 5.32 Å². The maximum absolute atomic E-state index is 13.4. The highest BCUT2D eigenvalue weighted by Gasteiger charge is 2.27. The minimum Gasteiger partial charge on any atom is -0.348 e. The van der Waals surface area contributed by atoms with Gasteiger partial charge in [0.1, 0.15) is 6.54 Å². The number of benzene rings is 3. The van der Waals surface area contributed by atoms with Crippen LogP contribution in [0.1, 0.15) is 30.5 Å². The molecule has 6 heteroatoms. The predicted octanol–water partition coefficient (Wildman–Crippen LogP) is 4.46. The van der Waals surface area contributed by atoms with Crippen molar-refractivity contribution in [2.24, 2.45) is 0 Å². The molecular weight excluding hydrogens is 396 g/mol. The Kier molecular flexibility index (Phi) is 6.90. The largest absolute Gasteiger partial charge is 0.348 e. The SMILES string of the molecule is CC[C@H](NC(=O)CN(c1ccccc1)S(=O)(=O)c1ccc(C)cc1)c1ccccc1. The van der Waals surface area contributed by atoms with Crippen LogP contribution < -0.4 is 9.62 Å². The molecule has 0 heterocycles. The Labute approximate surface area is 178 Å². The first kappa shape index (κ1) is 21.6. The van der Waals surface area contributed by atoms with Gasteiger partial charge in [-0.3, -0.25) is 9.10 Å². The molecule has 1 atom stereocenters. The topological polar surface area (TPSA) is 66.5 Å². The van der Waals surface area contributed by atoms with Crippen LogP contribution in [-0.2, 0) is 14.8 Å². The van der Waals surface area contributed by atoms with Gasteiger partial charge in [-0.05, 0) is 43.2 Å². The lowest BCUT2D eigenvalue weighted by atomic mass is 10.0. The summed E-state index contributed by atoms with van der Waals surface area (Å²) in [7, 11) is -3.90. The summed E-state index contributed by atoms with van der Waals surface area (Å²) in [5, 5.41) is 2.97. The van der Waals surface area contributed by atoms with Gasteiger partial charge in [-0.2, -0.15) is 0 Å². The quantitative estimate of drug-likeness (QED) is 0.583. The molecule has 1 N–H and O–H groups in total. The molecule has 0 saturated heterocycles. The summed E-state index contributed by atoms with van der Waals surface area (Å²) in [5.74, 6) is -0.356. The number of nitrogens with one attached hydrogen (secondary N) is 1. The molecule has 0 aliphatic heterocycles. The third-order valence-electron chi connectivity index (χ3n) is 4.89. The highest BCUT2D eigenvalue weighted by atomic mass is 32.2. The Morgan fingerprint density at radius 2 is 1.47 bits per heavy atom. The van der Waals surface area contributed by atoms with Crippen molar-refractivity contribution in [1.29, 1.82) is 0 Å². The normalized spacial score (nSPS) is 12.2. The molecule has 0 radical (unpaired) electrons. The van der Waals surface area contributed by atoms with Crippen LogP contribution >= 0.6 is 0 Å². The Hall–Kier alpha value is -3.12. The number of amides is 1. The molecule has 3 aromatic carbocycles. The fourth-order valence-electron chi connectivity index (χ4n) is 3.22. The van der Waals surface area contributed by atoms with E-state index in [4.69, 9.17) is 0 Å². The average molecular weight is 423 g/mol. The molecule has 0 spiro atoms. The van der Waals surface area contributed by atoms with Crippen LogP contribution in [0.4, 0.5) is 5.69 Å². The molecule has 30 heavy (non-hydrogen) atoms. The second kappa shape index (κ2) is 9.59. The molecule has 0 aliphatic rings. The standard InChI is InChI=1S/C24H26N2O3S/c1-3-23(20-10-6-4-7-11-20)25-24(27)18-26(21-12-8-5-9-13-21)30(28,29)22-16-14-19(2)15-17-22/h4-17,23H,3,18H2,1-2H3,(H,25,27)/t23-/m0/s1. The van der Waals surface area contributed by atoms with Gasteiger partial charge in [0, 0.05) is 0 Å². The van der Waals surface area contributed by atoms with Gasteiger partial charge in [0.25, 0.3) is 10.0 Å². The number of hydrogen-bond donors (Lipinski definition) is 1. The number of carbonyl (C=O) groups is 1. The van der Waals surface area contributed by atoms with Crippen LogP contribution in [0, 0.1) is 6.92 Å². The van der Waals surface area contributed by atoms with E-state index in [0.717, 1.165) is 15.4 Å². The van der Waals surface area contributed by atoms with Crippen molar-refractivity contribution in [3.63, 3.8) is 0 Å². The van der Waals surface area contributed by atoms with E-state index in [1.54, 1.807) is 48.5 Å². The van der Waals surface area contributed by atoms with Crippen LogP contribution in [0.25, 0.3) is 0 Å². The van der Waals surface area contributed by atoms with Gasteiger partial charge in [0.05, 0.1) is 16.6 Å². The van der Waals surface area contributed by atoms with Gasteiger partial charge in [-0.15, -0.1) is 0 Å². The summed E-state index contributed by atoms with van der Waals surface area (Å²) in [4.78, 5) is 13.0. The Bertz CT molecular complexity index is 1070. The molecule has 0 aromatic heterocycles. The molecule has 1 amide bonds. The van der Waals surface area contributed by atoms with E-state index < -0.39 is 10.0 Å². The van der Waals surface area contributed by atoms with Crippen LogP contribution in [0.3, 0.4) is 0 Å². The van der Waals surface area contributed by atoms with Crippen molar-refractivity contribution in [2.45, 2.75) is 31.2 Å². The molecule has 156 valence electrons. The highest BCUT2D eigenvalue weighted by Crippen LogP contribution is 2.24. The van der Waals surface area contributed by atoms with Crippen LogP contribution in [0.15, 0.2) is 89.8 Å². The van der Waals surface area contributed by atoms with Crippen LogP contribution in [0.5, 0.6) is 0 Å².